The molecule has 1 aromatic rings. The SMILES string of the molecule is Cc1ccc(C(=O)NCCCC(C)(C)C2OCCO2)c(Cl)c1. The molecule has 0 unspecified atom stereocenters. The first-order chi connectivity index (χ1) is 10.4. The van der Waals surface area contributed by atoms with Gasteiger partial charge in [-0.1, -0.05) is 31.5 Å². The lowest BCUT2D eigenvalue weighted by atomic mass is 9.87. The molecule has 1 amide bonds. The van der Waals surface area contributed by atoms with Gasteiger partial charge in [-0.25, -0.2) is 0 Å². The van der Waals surface area contributed by atoms with Crippen LogP contribution in [0, 0.1) is 12.3 Å². The molecule has 0 saturated carbocycles. The molecule has 0 atom stereocenters. The number of ether oxygens (including phenoxy) is 2. The van der Waals surface area contributed by atoms with E-state index in [1.807, 2.05) is 13.0 Å². The lowest BCUT2D eigenvalue weighted by molar-refractivity contribution is -0.122. The van der Waals surface area contributed by atoms with E-state index in [9.17, 15) is 4.79 Å². The van der Waals surface area contributed by atoms with E-state index in [1.54, 1.807) is 12.1 Å². The molecule has 1 fully saturated rings. The van der Waals surface area contributed by atoms with Gasteiger partial charge in [0.15, 0.2) is 6.29 Å². The third-order valence-corrected chi connectivity index (χ3v) is 4.23. The van der Waals surface area contributed by atoms with Gasteiger partial charge in [-0.05, 0) is 37.5 Å². The van der Waals surface area contributed by atoms with Crippen molar-refractivity contribution in [3.05, 3.63) is 34.3 Å². The Balaban J connectivity index is 1.77. The van der Waals surface area contributed by atoms with Crippen molar-refractivity contribution in [1.82, 2.24) is 5.32 Å². The summed E-state index contributed by atoms with van der Waals surface area (Å²) in [7, 11) is 0. The molecule has 1 N–H and O–H groups in total. The minimum atomic E-state index is -0.144. The van der Waals surface area contributed by atoms with E-state index in [0.717, 1.165) is 18.4 Å². The number of carbonyl (C=O) groups is 1. The Morgan fingerprint density at radius 3 is 2.68 bits per heavy atom. The maximum absolute atomic E-state index is 12.1. The van der Waals surface area contributed by atoms with E-state index in [1.165, 1.54) is 0 Å². The van der Waals surface area contributed by atoms with Crippen LogP contribution >= 0.6 is 11.6 Å². The third kappa shape index (κ3) is 4.45. The normalized spacial score (nSPS) is 16.0. The summed E-state index contributed by atoms with van der Waals surface area (Å²) < 4.78 is 11.1. The summed E-state index contributed by atoms with van der Waals surface area (Å²) in [5.41, 5.74) is 1.51. The molecule has 0 bridgehead atoms. The topological polar surface area (TPSA) is 47.6 Å². The molecule has 0 radical (unpaired) electrons. The van der Waals surface area contributed by atoms with Gasteiger partial charge in [0, 0.05) is 12.0 Å². The molecule has 122 valence electrons. The standard InChI is InChI=1S/C17H24ClNO3/c1-12-5-6-13(14(18)11-12)15(20)19-8-4-7-17(2,3)16-21-9-10-22-16/h5-6,11,16H,4,7-10H2,1-3H3,(H,19,20). The highest BCUT2D eigenvalue weighted by Crippen LogP contribution is 2.31. The van der Waals surface area contributed by atoms with Crippen molar-refractivity contribution in [2.45, 2.75) is 39.9 Å². The van der Waals surface area contributed by atoms with Gasteiger partial charge in [-0.2, -0.15) is 0 Å². The van der Waals surface area contributed by atoms with E-state index in [4.69, 9.17) is 21.1 Å². The Labute approximate surface area is 137 Å². The number of rotatable bonds is 6. The van der Waals surface area contributed by atoms with Crippen LogP contribution in [-0.4, -0.2) is 32.0 Å². The minimum absolute atomic E-state index is 0.0528. The average Bonchev–Trinajstić information content (AvgIpc) is 2.98. The van der Waals surface area contributed by atoms with Crippen molar-refractivity contribution in [3.63, 3.8) is 0 Å². The average molecular weight is 326 g/mol. The van der Waals surface area contributed by atoms with Crippen LogP contribution in [-0.2, 0) is 9.47 Å². The number of carbonyl (C=O) groups excluding carboxylic acids is 1. The van der Waals surface area contributed by atoms with Crippen LogP contribution in [0.15, 0.2) is 18.2 Å². The fourth-order valence-electron chi connectivity index (χ4n) is 2.57. The van der Waals surface area contributed by atoms with Gasteiger partial charge in [0.05, 0.1) is 23.8 Å². The molecule has 2 rings (SSSR count). The van der Waals surface area contributed by atoms with Crippen LogP contribution in [0.4, 0.5) is 0 Å². The number of nitrogens with one attached hydrogen (secondary N) is 1. The number of benzene rings is 1. The molecule has 5 heteroatoms. The Kier molecular flexibility index (Phi) is 5.84. The van der Waals surface area contributed by atoms with Crippen LogP contribution in [0.5, 0.6) is 0 Å². The van der Waals surface area contributed by atoms with Gasteiger partial charge >= 0.3 is 0 Å². The van der Waals surface area contributed by atoms with E-state index in [2.05, 4.69) is 19.2 Å². The summed E-state index contributed by atoms with van der Waals surface area (Å²) in [4.78, 5) is 12.1. The molecule has 22 heavy (non-hydrogen) atoms. The molecule has 1 aromatic carbocycles. The second kappa shape index (κ2) is 7.44. The van der Waals surface area contributed by atoms with E-state index in [0.29, 0.717) is 30.3 Å². The fourth-order valence-corrected chi connectivity index (χ4v) is 2.89. The zero-order chi connectivity index (χ0) is 16.2. The van der Waals surface area contributed by atoms with Crippen LogP contribution < -0.4 is 5.32 Å². The van der Waals surface area contributed by atoms with Crippen molar-refractivity contribution in [3.8, 4) is 0 Å². The zero-order valence-electron chi connectivity index (χ0n) is 13.4. The molecule has 4 nitrogen and oxygen atoms in total. The summed E-state index contributed by atoms with van der Waals surface area (Å²) in [5.74, 6) is -0.129. The summed E-state index contributed by atoms with van der Waals surface area (Å²) in [6.45, 7) is 8.14. The molecular weight excluding hydrogens is 302 g/mol. The van der Waals surface area contributed by atoms with Gasteiger partial charge in [0.25, 0.3) is 5.91 Å². The van der Waals surface area contributed by atoms with Gasteiger partial charge in [0.2, 0.25) is 0 Å². The molecule has 0 spiro atoms. The first-order valence-corrected chi connectivity index (χ1v) is 8.05. The Morgan fingerprint density at radius 1 is 1.36 bits per heavy atom. The number of halogens is 1. The Bertz CT molecular complexity index is 525. The zero-order valence-corrected chi connectivity index (χ0v) is 14.2. The van der Waals surface area contributed by atoms with Crippen molar-refractivity contribution >= 4 is 17.5 Å². The predicted octanol–water partition coefficient (Wildman–Crippen LogP) is 3.56. The molecule has 1 aliphatic rings. The molecule has 1 aliphatic heterocycles. The first kappa shape index (κ1) is 17.3. The molecular formula is C17H24ClNO3. The monoisotopic (exact) mass is 325 g/mol. The third-order valence-electron chi connectivity index (χ3n) is 3.91. The van der Waals surface area contributed by atoms with Crippen LogP contribution in [0.2, 0.25) is 5.02 Å². The molecule has 0 aliphatic carbocycles. The fraction of sp³-hybridized carbons (Fsp3) is 0.588. The number of hydrogen-bond acceptors (Lipinski definition) is 3. The van der Waals surface area contributed by atoms with Crippen LogP contribution in [0.25, 0.3) is 0 Å². The summed E-state index contributed by atoms with van der Waals surface area (Å²) in [5, 5.41) is 3.41. The smallest absolute Gasteiger partial charge is 0.252 e. The van der Waals surface area contributed by atoms with E-state index < -0.39 is 0 Å². The second-order valence-electron chi connectivity index (χ2n) is 6.40. The van der Waals surface area contributed by atoms with Gasteiger partial charge in [-0.3, -0.25) is 4.79 Å². The largest absolute Gasteiger partial charge is 0.352 e. The quantitative estimate of drug-likeness (QED) is 0.814. The Hall–Kier alpha value is -1.10. The lowest BCUT2D eigenvalue weighted by Crippen LogP contribution is -2.32. The highest BCUT2D eigenvalue weighted by atomic mass is 35.5. The van der Waals surface area contributed by atoms with Crippen LogP contribution in [0.1, 0.15) is 42.6 Å². The van der Waals surface area contributed by atoms with Crippen molar-refractivity contribution in [2.75, 3.05) is 19.8 Å². The Morgan fingerprint density at radius 2 is 2.05 bits per heavy atom. The molecule has 1 heterocycles. The number of hydrogen-bond donors (Lipinski definition) is 1. The van der Waals surface area contributed by atoms with Gasteiger partial charge in [-0.15, -0.1) is 0 Å². The van der Waals surface area contributed by atoms with E-state index >= 15 is 0 Å². The summed E-state index contributed by atoms with van der Waals surface area (Å²) >= 11 is 6.10. The predicted molar refractivity (Wildman–Crippen MR) is 87.2 cm³/mol. The lowest BCUT2D eigenvalue weighted by Gasteiger charge is -2.29. The number of aryl methyl sites for hydroxylation is 1. The van der Waals surface area contributed by atoms with Crippen molar-refractivity contribution < 1.29 is 14.3 Å². The highest BCUT2D eigenvalue weighted by Gasteiger charge is 2.33. The number of amides is 1. The maximum atomic E-state index is 12.1. The maximum Gasteiger partial charge on any atom is 0.252 e. The van der Waals surface area contributed by atoms with Gasteiger partial charge < -0.3 is 14.8 Å². The molecule has 1 saturated heterocycles. The summed E-state index contributed by atoms with van der Waals surface area (Å²) in [6, 6.07) is 5.45. The van der Waals surface area contributed by atoms with Crippen LogP contribution in [0.3, 0.4) is 0 Å². The first-order valence-electron chi connectivity index (χ1n) is 7.68. The van der Waals surface area contributed by atoms with Crippen molar-refractivity contribution in [1.29, 1.82) is 0 Å². The second-order valence-corrected chi connectivity index (χ2v) is 6.81. The van der Waals surface area contributed by atoms with E-state index in [-0.39, 0.29) is 17.6 Å². The molecule has 0 aromatic heterocycles. The summed E-state index contributed by atoms with van der Waals surface area (Å²) in [6.07, 6.45) is 1.64. The van der Waals surface area contributed by atoms with Gasteiger partial charge in [0.1, 0.15) is 0 Å². The highest BCUT2D eigenvalue weighted by molar-refractivity contribution is 6.33. The van der Waals surface area contributed by atoms with Crippen molar-refractivity contribution in [2.24, 2.45) is 5.41 Å². The minimum Gasteiger partial charge on any atom is -0.352 e.